The van der Waals surface area contributed by atoms with Crippen LogP contribution in [0.25, 0.3) is 0 Å². The van der Waals surface area contributed by atoms with Crippen molar-refractivity contribution in [1.82, 2.24) is 0 Å². The Balaban J connectivity index is 1.34. The molecule has 8 heteroatoms. The molecule has 0 aliphatic carbocycles. The van der Waals surface area contributed by atoms with Crippen LogP contribution < -0.4 is 20.1 Å². The van der Waals surface area contributed by atoms with Gasteiger partial charge in [-0.05, 0) is 67.6 Å². The second kappa shape index (κ2) is 12.6. The molecule has 0 heterocycles. The number of amides is 2. The van der Waals surface area contributed by atoms with Gasteiger partial charge < -0.3 is 24.8 Å². The second-order valence-electron chi connectivity index (χ2n) is 7.15. The molecule has 0 bridgehead atoms. The lowest BCUT2D eigenvalue weighted by molar-refractivity contribution is -0.147. The molecule has 0 atom stereocenters. The van der Waals surface area contributed by atoms with Gasteiger partial charge in [0.05, 0.1) is 13.0 Å². The summed E-state index contributed by atoms with van der Waals surface area (Å²) in [6.07, 6.45) is -0.209. The highest BCUT2D eigenvalue weighted by Gasteiger charge is 2.11. The van der Waals surface area contributed by atoms with Crippen LogP contribution in [0.2, 0.25) is 0 Å². The molecule has 2 amide bonds. The van der Waals surface area contributed by atoms with E-state index < -0.39 is 18.5 Å². The number of hydrogen-bond donors (Lipinski definition) is 2. The highest BCUT2D eigenvalue weighted by molar-refractivity contribution is 5.94. The van der Waals surface area contributed by atoms with E-state index in [1.54, 1.807) is 48.5 Å². The highest BCUT2D eigenvalue weighted by Crippen LogP contribution is 2.22. The third-order valence-electron chi connectivity index (χ3n) is 4.49. The van der Waals surface area contributed by atoms with Crippen LogP contribution >= 0.6 is 0 Å². The maximum absolute atomic E-state index is 12.1. The molecule has 3 aromatic rings. The first kappa shape index (κ1) is 24.3. The fourth-order valence-electron chi connectivity index (χ4n) is 2.89. The summed E-state index contributed by atoms with van der Waals surface area (Å²) in [5.41, 5.74) is 1.14. The number of ether oxygens (including phenoxy) is 3. The van der Waals surface area contributed by atoms with E-state index in [0.717, 1.165) is 0 Å². The first-order valence-electron chi connectivity index (χ1n) is 10.8. The Kier molecular flexibility index (Phi) is 9.04. The number of nitrogens with one attached hydrogen (secondary N) is 2. The summed E-state index contributed by atoms with van der Waals surface area (Å²) >= 11 is 0. The number of rotatable bonds is 11. The largest absolute Gasteiger partial charge is 0.494 e. The van der Waals surface area contributed by atoms with Crippen LogP contribution in [0.1, 0.15) is 19.8 Å². The quantitative estimate of drug-likeness (QED) is 0.398. The van der Waals surface area contributed by atoms with Gasteiger partial charge in [0, 0.05) is 17.8 Å². The van der Waals surface area contributed by atoms with Gasteiger partial charge in [-0.2, -0.15) is 0 Å². The fourth-order valence-corrected chi connectivity index (χ4v) is 2.89. The van der Waals surface area contributed by atoms with Crippen molar-refractivity contribution in [1.29, 1.82) is 0 Å². The third kappa shape index (κ3) is 8.31. The van der Waals surface area contributed by atoms with E-state index in [2.05, 4.69) is 10.6 Å². The predicted octanol–water partition coefficient (Wildman–Crippen LogP) is 4.78. The first-order chi connectivity index (χ1) is 16.5. The summed E-state index contributed by atoms with van der Waals surface area (Å²) in [7, 11) is 0. The van der Waals surface area contributed by atoms with E-state index in [1.807, 2.05) is 37.3 Å². The molecule has 0 fully saturated rings. The number of benzene rings is 3. The molecule has 0 saturated heterocycles. The predicted molar refractivity (Wildman–Crippen MR) is 128 cm³/mol. The van der Waals surface area contributed by atoms with E-state index in [1.165, 1.54) is 0 Å². The summed E-state index contributed by atoms with van der Waals surface area (Å²) in [4.78, 5) is 35.9. The number of para-hydroxylation sites is 1. The van der Waals surface area contributed by atoms with E-state index in [4.69, 9.17) is 14.2 Å². The molecule has 3 aromatic carbocycles. The average molecular weight is 463 g/mol. The van der Waals surface area contributed by atoms with Gasteiger partial charge in [0.15, 0.2) is 6.61 Å². The van der Waals surface area contributed by atoms with E-state index >= 15 is 0 Å². The molecular formula is C26H26N2O6. The Morgan fingerprint density at radius 1 is 0.676 bits per heavy atom. The zero-order chi connectivity index (χ0) is 24.2. The molecule has 0 saturated carbocycles. The zero-order valence-corrected chi connectivity index (χ0v) is 18.8. The normalized spacial score (nSPS) is 10.1. The van der Waals surface area contributed by atoms with Gasteiger partial charge in [0.1, 0.15) is 17.2 Å². The maximum Gasteiger partial charge on any atom is 0.306 e. The van der Waals surface area contributed by atoms with E-state index in [9.17, 15) is 14.4 Å². The van der Waals surface area contributed by atoms with Crippen molar-refractivity contribution in [2.45, 2.75) is 19.8 Å². The highest BCUT2D eigenvalue weighted by atomic mass is 16.5. The van der Waals surface area contributed by atoms with Gasteiger partial charge >= 0.3 is 5.97 Å². The monoisotopic (exact) mass is 462 g/mol. The lowest BCUT2D eigenvalue weighted by atomic mass is 10.2. The van der Waals surface area contributed by atoms with Crippen molar-refractivity contribution in [3.05, 3.63) is 78.9 Å². The molecule has 34 heavy (non-hydrogen) atoms. The zero-order valence-electron chi connectivity index (χ0n) is 18.8. The summed E-state index contributed by atoms with van der Waals surface area (Å²) in [6, 6.07) is 23.1. The van der Waals surface area contributed by atoms with Crippen molar-refractivity contribution in [3.63, 3.8) is 0 Å². The lowest BCUT2D eigenvalue weighted by Gasteiger charge is -2.09. The SMILES string of the molecule is CCOc1ccc(NC(=O)COC(=O)CCC(=O)Nc2ccc(Oc3ccccc3)cc2)cc1. The molecule has 0 spiro atoms. The van der Waals surface area contributed by atoms with Crippen molar-refractivity contribution < 1.29 is 28.6 Å². The molecule has 3 rings (SSSR count). The van der Waals surface area contributed by atoms with Crippen molar-refractivity contribution in [3.8, 4) is 17.2 Å². The van der Waals surface area contributed by atoms with Gasteiger partial charge in [0.25, 0.3) is 5.91 Å². The van der Waals surface area contributed by atoms with Crippen LogP contribution in [0, 0.1) is 0 Å². The minimum atomic E-state index is -0.636. The third-order valence-corrected chi connectivity index (χ3v) is 4.49. The fraction of sp³-hybridized carbons (Fsp3) is 0.192. The van der Waals surface area contributed by atoms with Crippen molar-refractivity contribution >= 4 is 29.2 Å². The molecule has 8 nitrogen and oxygen atoms in total. The topological polar surface area (TPSA) is 103 Å². The van der Waals surface area contributed by atoms with Crippen molar-refractivity contribution in [2.75, 3.05) is 23.8 Å². The molecule has 0 aliphatic heterocycles. The Morgan fingerprint density at radius 2 is 1.24 bits per heavy atom. The van der Waals surface area contributed by atoms with Crippen LogP contribution in [0.5, 0.6) is 17.2 Å². The maximum atomic E-state index is 12.1. The van der Waals surface area contributed by atoms with Gasteiger partial charge in [-0.3, -0.25) is 14.4 Å². The van der Waals surface area contributed by atoms with E-state index in [-0.39, 0.29) is 18.7 Å². The van der Waals surface area contributed by atoms with Gasteiger partial charge in [-0.1, -0.05) is 18.2 Å². The smallest absolute Gasteiger partial charge is 0.306 e. The minimum Gasteiger partial charge on any atom is -0.494 e. The second-order valence-corrected chi connectivity index (χ2v) is 7.15. The number of carbonyl (C=O) groups is 3. The summed E-state index contributed by atoms with van der Waals surface area (Å²) in [6.45, 7) is 2.00. The molecule has 0 radical (unpaired) electrons. The van der Waals surface area contributed by atoms with E-state index in [0.29, 0.717) is 35.2 Å². The van der Waals surface area contributed by atoms with Gasteiger partial charge in [-0.15, -0.1) is 0 Å². The molecule has 0 unspecified atom stereocenters. The molecule has 0 aromatic heterocycles. The van der Waals surface area contributed by atoms with Crippen molar-refractivity contribution in [2.24, 2.45) is 0 Å². The number of carbonyl (C=O) groups excluding carboxylic acids is 3. The van der Waals surface area contributed by atoms with Crippen LogP contribution in [0.15, 0.2) is 78.9 Å². The molecule has 0 aliphatic rings. The van der Waals surface area contributed by atoms with Gasteiger partial charge in [0.2, 0.25) is 5.91 Å². The van der Waals surface area contributed by atoms with Crippen LogP contribution in [0.4, 0.5) is 11.4 Å². The van der Waals surface area contributed by atoms with Crippen LogP contribution in [0.3, 0.4) is 0 Å². The Hall–Kier alpha value is -4.33. The summed E-state index contributed by atoms with van der Waals surface area (Å²) in [5.74, 6) is 0.597. The number of hydrogen-bond acceptors (Lipinski definition) is 6. The Morgan fingerprint density at radius 3 is 1.85 bits per heavy atom. The minimum absolute atomic E-state index is 0.0678. The standard InChI is InChI=1S/C26H26N2O6/c1-2-32-21-12-8-20(9-13-21)28-25(30)18-33-26(31)17-16-24(29)27-19-10-14-23(15-11-19)34-22-6-4-3-5-7-22/h3-15H,2,16-18H2,1H3,(H,27,29)(H,28,30). The summed E-state index contributed by atoms with van der Waals surface area (Å²) < 4.78 is 16.0. The lowest BCUT2D eigenvalue weighted by Crippen LogP contribution is -2.21. The average Bonchev–Trinajstić information content (AvgIpc) is 2.85. The van der Waals surface area contributed by atoms with Crippen LogP contribution in [-0.4, -0.2) is 31.0 Å². The molecule has 2 N–H and O–H groups in total. The summed E-state index contributed by atoms with van der Waals surface area (Å²) in [5, 5.41) is 5.33. The number of anilines is 2. The molecular weight excluding hydrogens is 436 g/mol. The Bertz CT molecular complexity index is 1080. The first-order valence-corrected chi connectivity index (χ1v) is 10.8. The number of esters is 1. The van der Waals surface area contributed by atoms with Gasteiger partial charge in [-0.25, -0.2) is 0 Å². The van der Waals surface area contributed by atoms with Crippen LogP contribution in [-0.2, 0) is 19.1 Å². The molecule has 176 valence electrons. The Labute approximate surface area is 197 Å².